The molecule has 1 N–H and O–H groups in total. The molecule has 102 valence electrons. The van der Waals surface area contributed by atoms with Gasteiger partial charge in [-0.1, -0.05) is 6.92 Å². The molecule has 0 aliphatic carbocycles. The molecule has 0 bridgehead atoms. The van der Waals surface area contributed by atoms with E-state index < -0.39 is 0 Å². The summed E-state index contributed by atoms with van der Waals surface area (Å²) in [5, 5.41) is 3.42. The minimum absolute atomic E-state index is 0.123. The molecule has 1 heterocycles. The van der Waals surface area contributed by atoms with Crippen LogP contribution in [-0.4, -0.2) is 28.7 Å². The average molecular weight is 251 g/mol. The van der Waals surface area contributed by atoms with Crippen LogP contribution in [0.1, 0.15) is 45.6 Å². The molecule has 1 unspecified atom stereocenters. The van der Waals surface area contributed by atoms with Crippen molar-refractivity contribution in [2.75, 3.05) is 12.4 Å². The molecular formula is C14H25N3O. The van der Waals surface area contributed by atoms with Crippen molar-refractivity contribution < 1.29 is 4.74 Å². The fourth-order valence-corrected chi connectivity index (χ4v) is 2.01. The van der Waals surface area contributed by atoms with E-state index in [0.717, 1.165) is 30.2 Å². The lowest BCUT2D eigenvalue weighted by Crippen LogP contribution is -2.31. The maximum absolute atomic E-state index is 5.44. The summed E-state index contributed by atoms with van der Waals surface area (Å²) < 4.78 is 5.44. The molecule has 1 aromatic rings. The van der Waals surface area contributed by atoms with Gasteiger partial charge >= 0.3 is 0 Å². The molecule has 0 aliphatic rings. The van der Waals surface area contributed by atoms with E-state index in [1.165, 1.54) is 0 Å². The van der Waals surface area contributed by atoms with Gasteiger partial charge in [-0.2, -0.15) is 0 Å². The van der Waals surface area contributed by atoms with Crippen LogP contribution in [0.3, 0.4) is 0 Å². The highest BCUT2D eigenvalue weighted by molar-refractivity contribution is 5.37. The van der Waals surface area contributed by atoms with Gasteiger partial charge in [-0.3, -0.25) is 0 Å². The molecular weight excluding hydrogens is 226 g/mol. The number of ether oxygens (including phenoxy) is 1. The van der Waals surface area contributed by atoms with Crippen molar-refractivity contribution in [2.45, 2.75) is 59.1 Å². The van der Waals surface area contributed by atoms with Crippen LogP contribution in [0.4, 0.5) is 5.82 Å². The molecule has 0 amide bonds. The molecule has 0 saturated heterocycles. The Hall–Kier alpha value is -1.16. The molecule has 4 nitrogen and oxygen atoms in total. The minimum atomic E-state index is -0.123. The molecule has 0 saturated carbocycles. The fourth-order valence-electron chi connectivity index (χ4n) is 2.01. The van der Waals surface area contributed by atoms with Gasteiger partial charge in [-0.15, -0.1) is 0 Å². The molecule has 0 fully saturated rings. The number of nitrogens with zero attached hydrogens (tertiary/aromatic N) is 2. The standard InChI is InChI=1S/C14H25N3O/c1-7-12-8-13(17-11(3)16-12)15-10(2)9-14(4,5)18-6/h8,10H,7,9H2,1-6H3,(H,15,16,17). The SMILES string of the molecule is CCc1cc(NC(C)CC(C)(C)OC)nc(C)n1. The zero-order valence-electron chi connectivity index (χ0n) is 12.4. The molecule has 0 aliphatic heterocycles. The Bertz CT molecular complexity index is 391. The normalized spacial score (nSPS) is 13.4. The molecule has 0 radical (unpaired) electrons. The lowest BCUT2D eigenvalue weighted by Gasteiger charge is -2.27. The predicted octanol–water partition coefficient (Wildman–Crippen LogP) is 2.96. The van der Waals surface area contributed by atoms with Crippen molar-refractivity contribution in [3.8, 4) is 0 Å². The Balaban J connectivity index is 2.69. The van der Waals surface area contributed by atoms with Crippen LogP contribution in [-0.2, 0) is 11.2 Å². The van der Waals surface area contributed by atoms with E-state index in [0.29, 0.717) is 6.04 Å². The first-order valence-corrected chi connectivity index (χ1v) is 6.52. The Morgan fingerprint density at radius 2 is 2.06 bits per heavy atom. The maximum atomic E-state index is 5.44. The minimum Gasteiger partial charge on any atom is -0.379 e. The molecule has 1 atom stereocenters. The first-order chi connectivity index (χ1) is 8.36. The highest BCUT2D eigenvalue weighted by atomic mass is 16.5. The van der Waals surface area contributed by atoms with Gasteiger partial charge in [0.1, 0.15) is 11.6 Å². The fraction of sp³-hybridized carbons (Fsp3) is 0.714. The van der Waals surface area contributed by atoms with Crippen LogP contribution >= 0.6 is 0 Å². The van der Waals surface area contributed by atoms with E-state index in [4.69, 9.17) is 4.74 Å². The Morgan fingerprint density at radius 1 is 1.39 bits per heavy atom. The van der Waals surface area contributed by atoms with Gasteiger partial charge < -0.3 is 10.1 Å². The number of nitrogens with one attached hydrogen (secondary N) is 1. The van der Waals surface area contributed by atoms with Crippen molar-refractivity contribution in [3.05, 3.63) is 17.6 Å². The van der Waals surface area contributed by atoms with Crippen molar-refractivity contribution in [1.82, 2.24) is 9.97 Å². The van der Waals surface area contributed by atoms with Crippen molar-refractivity contribution in [2.24, 2.45) is 0 Å². The summed E-state index contributed by atoms with van der Waals surface area (Å²) in [6.45, 7) is 10.3. The van der Waals surface area contributed by atoms with Crippen LogP contribution < -0.4 is 5.32 Å². The summed E-state index contributed by atoms with van der Waals surface area (Å²) in [5.74, 6) is 1.72. The van der Waals surface area contributed by atoms with Gasteiger partial charge in [0.25, 0.3) is 0 Å². The number of hydrogen-bond acceptors (Lipinski definition) is 4. The monoisotopic (exact) mass is 251 g/mol. The second kappa shape index (κ2) is 6.14. The molecule has 0 spiro atoms. The van der Waals surface area contributed by atoms with E-state index in [1.54, 1.807) is 7.11 Å². The number of methoxy groups -OCH3 is 1. The summed E-state index contributed by atoms with van der Waals surface area (Å²) in [5.41, 5.74) is 0.949. The van der Waals surface area contributed by atoms with Gasteiger partial charge in [0.2, 0.25) is 0 Å². The quantitative estimate of drug-likeness (QED) is 0.844. The number of aromatic nitrogens is 2. The number of anilines is 1. The number of hydrogen-bond donors (Lipinski definition) is 1. The number of aryl methyl sites for hydroxylation is 2. The first-order valence-electron chi connectivity index (χ1n) is 6.52. The zero-order chi connectivity index (χ0) is 13.8. The summed E-state index contributed by atoms with van der Waals surface area (Å²) in [6, 6.07) is 2.32. The van der Waals surface area contributed by atoms with Crippen LogP contribution in [0.25, 0.3) is 0 Å². The van der Waals surface area contributed by atoms with Crippen LogP contribution in [0.15, 0.2) is 6.07 Å². The van der Waals surface area contributed by atoms with Crippen molar-refractivity contribution in [1.29, 1.82) is 0 Å². The molecule has 18 heavy (non-hydrogen) atoms. The zero-order valence-corrected chi connectivity index (χ0v) is 12.4. The van der Waals surface area contributed by atoms with Gasteiger partial charge in [0, 0.05) is 24.9 Å². The van der Waals surface area contributed by atoms with Gasteiger partial charge in [0.15, 0.2) is 0 Å². The van der Waals surface area contributed by atoms with E-state index in [1.807, 2.05) is 13.0 Å². The number of rotatable bonds is 6. The highest BCUT2D eigenvalue weighted by Crippen LogP contribution is 2.18. The van der Waals surface area contributed by atoms with E-state index in [9.17, 15) is 0 Å². The average Bonchev–Trinajstić information content (AvgIpc) is 2.27. The van der Waals surface area contributed by atoms with Crippen LogP contribution in [0, 0.1) is 6.92 Å². The lowest BCUT2D eigenvalue weighted by molar-refractivity contribution is 0.0128. The van der Waals surface area contributed by atoms with Crippen molar-refractivity contribution in [3.63, 3.8) is 0 Å². The Morgan fingerprint density at radius 3 is 2.61 bits per heavy atom. The lowest BCUT2D eigenvalue weighted by atomic mass is 10.00. The van der Waals surface area contributed by atoms with E-state index >= 15 is 0 Å². The summed E-state index contributed by atoms with van der Waals surface area (Å²) in [4.78, 5) is 8.79. The summed E-state index contributed by atoms with van der Waals surface area (Å²) in [6.07, 6.45) is 1.85. The molecule has 1 aromatic heterocycles. The van der Waals surface area contributed by atoms with E-state index in [2.05, 4.69) is 43.0 Å². The molecule has 1 rings (SSSR count). The van der Waals surface area contributed by atoms with Gasteiger partial charge in [0.05, 0.1) is 5.60 Å². The highest BCUT2D eigenvalue weighted by Gasteiger charge is 2.20. The van der Waals surface area contributed by atoms with Crippen LogP contribution in [0.5, 0.6) is 0 Å². The summed E-state index contributed by atoms with van der Waals surface area (Å²) in [7, 11) is 1.75. The molecule has 4 heteroatoms. The smallest absolute Gasteiger partial charge is 0.130 e. The largest absolute Gasteiger partial charge is 0.379 e. The third-order valence-corrected chi connectivity index (χ3v) is 3.00. The summed E-state index contributed by atoms with van der Waals surface area (Å²) >= 11 is 0. The second-order valence-corrected chi connectivity index (χ2v) is 5.36. The van der Waals surface area contributed by atoms with Gasteiger partial charge in [-0.25, -0.2) is 9.97 Å². The topological polar surface area (TPSA) is 47.0 Å². The van der Waals surface area contributed by atoms with Gasteiger partial charge in [-0.05, 0) is 40.5 Å². The molecule has 0 aromatic carbocycles. The van der Waals surface area contributed by atoms with Crippen LogP contribution in [0.2, 0.25) is 0 Å². The second-order valence-electron chi connectivity index (χ2n) is 5.36. The Labute approximate surface area is 110 Å². The Kier molecular flexibility index (Phi) is 5.08. The third kappa shape index (κ3) is 4.61. The maximum Gasteiger partial charge on any atom is 0.130 e. The van der Waals surface area contributed by atoms with Crippen molar-refractivity contribution >= 4 is 5.82 Å². The first kappa shape index (κ1) is 14.9. The van der Waals surface area contributed by atoms with E-state index in [-0.39, 0.29) is 5.60 Å². The predicted molar refractivity (Wildman–Crippen MR) is 74.9 cm³/mol. The third-order valence-electron chi connectivity index (χ3n) is 3.00.